The number of carbonyl (C=O) groups is 1. The Kier molecular flexibility index (Phi) is 3.96. The zero-order chi connectivity index (χ0) is 14.7. The third-order valence-corrected chi connectivity index (χ3v) is 4.08. The van der Waals surface area contributed by atoms with Crippen molar-refractivity contribution in [3.63, 3.8) is 0 Å². The quantitative estimate of drug-likeness (QED) is 0.893. The number of hydrogen-bond donors (Lipinski definition) is 2. The zero-order valence-electron chi connectivity index (χ0n) is 11.8. The second kappa shape index (κ2) is 6.05. The van der Waals surface area contributed by atoms with Gasteiger partial charge in [0.25, 0.3) is 0 Å². The Bertz CT molecular complexity index is 593. The Labute approximate surface area is 123 Å². The molecule has 0 saturated heterocycles. The highest BCUT2D eigenvalue weighted by Crippen LogP contribution is 2.31. The van der Waals surface area contributed by atoms with E-state index in [1.54, 1.807) is 12.4 Å². The number of hydrogen-bond acceptors (Lipinski definition) is 4. The van der Waals surface area contributed by atoms with Gasteiger partial charge >= 0.3 is 0 Å². The molecule has 0 radical (unpaired) electrons. The lowest BCUT2D eigenvalue weighted by atomic mass is 9.95. The fourth-order valence-electron chi connectivity index (χ4n) is 2.93. The number of benzene rings is 1. The molecule has 21 heavy (non-hydrogen) atoms. The molecule has 3 N–H and O–H groups in total. The normalized spacial score (nSPS) is 21.4. The van der Waals surface area contributed by atoms with E-state index in [9.17, 15) is 4.79 Å². The minimum Gasteiger partial charge on any atom is -0.330 e. The maximum absolute atomic E-state index is 12.3. The smallest absolute Gasteiger partial charge is 0.227 e. The number of nitrogens with zero attached hydrogens (tertiary/aromatic N) is 3. The van der Waals surface area contributed by atoms with Crippen LogP contribution < -0.4 is 11.1 Å². The number of nitrogens with one attached hydrogen (secondary N) is 1. The van der Waals surface area contributed by atoms with Crippen LogP contribution in [-0.4, -0.2) is 27.4 Å². The van der Waals surface area contributed by atoms with Gasteiger partial charge in [0.15, 0.2) is 0 Å². The van der Waals surface area contributed by atoms with Gasteiger partial charge in [-0.15, -0.1) is 0 Å². The first-order valence-electron chi connectivity index (χ1n) is 7.25. The van der Waals surface area contributed by atoms with Crippen molar-refractivity contribution in [3.05, 3.63) is 36.7 Å². The SMILES string of the molecule is NCC1CCCC1C(=O)Nc1ccc(-n2nccn2)cc1. The molecule has 2 unspecified atom stereocenters. The molecule has 1 aromatic heterocycles. The molecule has 1 heterocycles. The molecule has 1 aliphatic rings. The molecule has 3 rings (SSSR count). The van der Waals surface area contributed by atoms with Gasteiger partial charge in [0, 0.05) is 11.6 Å². The molecular weight excluding hydrogens is 266 g/mol. The van der Waals surface area contributed by atoms with Crippen molar-refractivity contribution in [1.29, 1.82) is 0 Å². The standard InChI is InChI=1S/C15H19N5O/c16-10-11-2-1-3-14(11)15(21)19-12-4-6-13(7-5-12)20-17-8-9-18-20/h4-9,11,14H,1-3,10,16H2,(H,19,21). The molecule has 2 aromatic rings. The highest BCUT2D eigenvalue weighted by Gasteiger charge is 2.31. The summed E-state index contributed by atoms with van der Waals surface area (Å²) in [6.07, 6.45) is 6.33. The molecule has 0 spiro atoms. The summed E-state index contributed by atoms with van der Waals surface area (Å²) < 4.78 is 0. The fourth-order valence-corrected chi connectivity index (χ4v) is 2.93. The van der Waals surface area contributed by atoms with E-state index in [1.165, 1.54) is 4.80 Å². The molecule has 110 valence electrons. The molecule has 1 saturated carbocycles. The van der Waals surface area contributed by atoms with Crippen molar-refractivity contribution in [2.45, 2.75) is 19.3 Å². The molecule has 0 bridgehead atoms. The maximum atomic E-state index is 12.3. The van der Waals surface area contributed by atoms with Crippen molar-refractivity contribution in [3.8, 4) is 5.69 Å². The predicted octanol–water partition coefficient (Wildman–Crippen LogP) is 1.58. The van der Waals surface area contributed by atoms with E-state index in [4.69, 9.17) is 5.73 Å². The lowest BCUT2D eigenvalue weighted by Gasteiger charge is -2.17. The molecule has 1 amide bonds. The third-order valence-electron chi connectivity index (χ3n) is 4.08. The molecule has 6 heteroatoms. The molecule has 1 aliphatic carbocycles. The van der Waals surface area contributed by atoms with Crippen LogP contribution in [0, 0.1) is 11.8 Å². The van der Waals surface area contributed by atoms with Crippen LogP contribution in [0.2, 0.25) is 0 Å². The molecule has 0 aliphatic heterocycles. The van der Waals surface area contributed by atoms with Crippen molar-refractivity contribution >= 4 is 11.6 Å². The summed E-state index contributed by atoms with van der Waals surface area (Å²) in [7, 11) is 0. The Morgan fingerprint density at radius 2 is 1.95 bits per heavy atom. The van der Waals surface area contributed by atoms with Gasteiger partial charge in [-0.25, -0.2) is 0 Å². The number of rotatable bonds is 4. The lowest BCUT2D eigenvalue weighted by Crippen LogP contribution is -2.29. The zero-order valence-corrected chi connectivity index (χ0v) is 11.8. The summed E-state index contributed by atoms with van der Waals surface area (Å²) in [6, 6.07) is 7.49. The molecule has 6 nitrogen and oxygen atoms in total. The topological polar surface area (TPSA) is 85.8 Å². The van der Waals surface area contributed by atoms with E-state index in [0.717, 1.165) is 30.6 Å². The lowest BCUT2D eigenvalue weighted by molar-refractivity contribution is -0.120. The van der Waals surface area contributed by atoms with Crippen LogP contribution in [0.5, 0.6) is 0 Å². The van der Waals surface area contributed by atoms with Gasteiger partial charge in [0.05, 0.1) is 18.1 Å². The minimum absolute atomic E-state index is 0.0439. The van der Waals surface area contributed by atoms with Gasteiger partial charge in [0.1, 0.15) is 0 Å². The minimum atomic E-state index is 0.0439. The summed E-state index contributed by atoms with van der Waals surface area (Å²) in [6.45, 7) is 0.585. The van der Waals surface area contributed by atoms with E-state index in [2.05, 4.69) is 15.5 Å². The van der Waals surface area contributed by atoms with Crippen LogP contribution in [0.25, 0.3) is 5.69 Å². The molecule has 1 fully saturated rings. The van der Waals surface area contributed by atoms with Gasteiger partial charge < -0.3 is 11.1 Å². The van der Waals surface area contributed by atoms with Crippen LogP contribution in [0.15, 0.2) is 36.7 Å². The fraction of sp³-hybridized carbons (Fsp3) is 0.400. The largest absolute Gasteiger partial charge is 0.330 e. The monoisotopic (exact) mass is 285 g/mol. The van der Waals surface area contributed by atoms with Crippen molar-refractivity contribution in [2.75, 3.05) is 11.9 Å². The highest BCUT2D eigenvalue weighted by atomic mass is 16.1. The number of anilines is 1. The first-order valence-corrected chi connectivity index (χ1v) is 7.25. The Balaban J connectivity index is 1.66. The second-order valence-corrected chi connectivity index (χ2v) is 5.39. The van der Waals surface area contributed by atoms with Gasteiger partial charge in [-0.3, -0.25) is 4.79 Å². The van der Waals surface area contributed by atoms with Gasteiger partial charge in [-0.05, 0) is 49.6 Å². The number of amides is 1. The van der Waals surface area contributed by atoms with E-state index in [1.807, 2.05) is 24.3 Å². The average Bonchev–Trinajstić information content (AvgIpc) is 3.19. The summed E-state index contributed by atoms with van der Waals surface area (Å²) in [4.78, 5) is 13.8. The Morgan fingerprint density at radius 3 is 2.62 bits per heavy atom. The third kappa shape index (κ3) is 2.95. The van der Waals surface area contributed by atoms with E-state index in [-0.39, 0.29) is 11.8 Å². The van der Waals surface area contributed by atoms with E-state index in [0.29, 0.717) is 12.5 Å². The van der Waals surface area contributed by atoms with Crippen LogP contribution >= 0.6 is 0 Å². The first kappa shape index (κ1) is 13.8. The summed E-state index contributed by atoms with van der Waals surface area (Å²) in [5.74, 6) is 0.438. The van der Waals surface area contributed by atoms with Crippen molar-refractivity contribution in [2.24, 2.45) is 17.6 Å². The molecule has 2 atom stereocenters. The van der Waals surface area contributed by atoms with Crippen LogP contribution in [0.3, 0.4) is 0 Å². The van der Waals surface area contributed by atoms with Crippen molar-refractivity contribution < 1.29 is 4.79 Å². The summed E-state index contributed by atoms with van der Waals surface area (Å²) in [5, 5.41) is 11.1. The number of nitrogens with two attached hydrogens (primary N) is 1. The Hall–Kier alpha value is -2.21. The second-order valence-electron chi connectivity index (χ2n) is 5.39. The number of carbonyl (C=O) groups excluding carboxylic acids is 1. The average molecular weight is 285 g/mol. The molecule has 1 aromatic carbocycles. The van der Waals surface area contributed by atoms with Crippen LogP contribution in [-0.2, 0) is 4.79 Å². The highest BCUT2D eigenvalue weighted by molar-refractivity contribution is 5.93. The summed E-state index contributed by atoms with van der Waals surface area (Å²) >= 11 is 0. The van der Waals surface area contributed by atoms with Crippen molar-refractivity contribution in [1.82, 2.24) is 15.0 Å². The number of aromatic nitrogens is 3. The van der Waals surface area contributed by atoms with E-state index >= 15 is 0 Å². The Morgan fingerprint density at radius 1 is 1.24 bits per heavy atom. The molecular formula is C15H19N5O. The van der Waals surface area contributed by atoms with E-state index < -0.39 is 0 Å². The van der Waals surface area contributed by atoms with Gasteiger partial charge in [-0.1, -0.05) is 6.42 Å². The predicted molar refractivity (Wildman–Crippen MR) is 79.9 cm³/mol. The van der Waals surface area contributed by atoms with Gasteiger partial charge in [-0.2, -0.15) is 15.0 Å². The first-order chi connectivity index (χ1) is 10.3. The van der Waals surface area contributed by atoms with Crippen LogP contribution in [0.4, 0.5) is 5.69 Å². The van der Waals surface area contributed by atoms with Gasteiger partial charge in [0.2, 0.25) is 5.91 Å². The summed E-state index contributed by atoms with van der Waals surface area (Å²) in [5.41, 5.74) is 7.38. The maximum Gasteiger partial charge on any atom is 0.227 e. The van der Waals surface area contributed by atoms with Crippen LogP contribution in [0.1, 0.15) is 19.3 Å².